The standard InChI is InChI=1S/C14H17N3O/c1-10-3-2-4-12(9-10)14-17-16-13(18-14)11-5-7-15-8-6-11/h2-4,9,11,15H,5-8H2,1H3. The van der Waals surface area contributed by atoms with E-state index in [4.69, 9.17) is 4.42 Å². The van der Waals surface area contributed by atoms with E-state index in [2.05, 4.69) is 34.6 Å². The van der Waals surface area contributed by atoms with Crippen LogP contribution in [-0.4, -0.2) is 23.3 Å². The minimum Gasteiger partial charge on any atom is -0.420 e. The molecular weight excluding hydrogens is 226 g/mol. The molecule has 3 rings (SSSR count). The number of nitrogens with zero attached hydrogens (tertiary/aromatic N) is 2. The van der Waals surface area contributed by atoms with Crippen molar-refractivity contribution in [3.8, 4) is 11.5 Å². The van der Waals surface area contributed by atoms with Gasteiger partial charge in [0.05, 0.1) is 0 Å². The van der Waals surface area contributed by atoms with Crippen molar-refractivity contribution in [1.82, 2.24) is 15.5 Å². The van der Waals surface area contributed by atoms with E-state index in [1.54, 1.807) is 0 Å². The van der Waals surface area contributed by atoms with Crippen LogP contribution in [0.5, 0.6) is 0 Å². The van der Waals surface area contributed by atoms with Gasteiger partial charge in [-0.25, -0.2) is 0 Å². The fourth-order valence-corrected chi connectivity index (χ4v) is 2.36. The Labute approximate surface area is 106 Å². The fourth-order valence-electron chi connectivity index (χ4n) is 2.36. The molecule has 2 aromatic rings. The van der Waals surface area contributed by atoms with Crippen LogP contribution < -0.4 is 5.32 Å². The highest BCUT2D eigenvalue weighted by molar-refractivity contribution is 5.53. The van der Waals surface area contributed by atoms with Gasteiger partial charge in [0.25, 0.3) is 0 Å². The number of benzene rings is 1. The smallest absolute Gasteiger partial charge is 0.247 e. The molecule has 18 heavy (non-hydrogen) atoms. The largest absolute Gasteiger partial charge is 0.420 e. The van der Waals surface area contributed by atoms with Gasteiger partial charge in [-0.3, -0.25) is 0 Å². The number of hydrogen-bond donors (Lipinski definition) is 1. The van der Waals surface area contributed by atoms with Crippen molar-refractivity contribution in [2.75, 3.05) is 13.1 Å². The normalized spacial score (nSPS) is 16.9. The first-order valence-corrected chi connectivity index (χ1v) is 6.44. The predicted octanol–water partition coefficient (Wildman–Crippen LogP) is 2.51. The van der Waals surface area contributed by atoms with Crippen molar-refractivity contribution >= 4 is 0 Å². The molecule has 1 saturated heterocycles. The minimum atomic E-state index is 0.414. The van der Waals surface area contributed by atoms with Crippen molar-refractivity contribution in [1.29, 1.82) is 0 Å². The van der Waals surface area contributed by atoms with E-state index in [-0.39, 0.29) is 0 Å². The van der Waals surface area contributed by atoms with Crippen LogP contribution in [0, 0.1) is 6.92 Å². The van der Waals surface area contributed by atoms with E-state index in [0.717, 1.165) is 37.4 Å². The Morgan fingerprint density at radius 3 is 2.83 bits per heavy atom. The van der Waals surface area contributed by atoms with Crippen molar-refractivity contribution in [3.63, 3.8) is 0 Å². The second-order valence-electron chi connectivity index (χ2n) is 4.84. The van der Waals surface area contributed by atoms with E-state index in [0.29, 0.717) is 11.8 Å². The first-order valence-electron chi connectivity index (χ1n) is 6.44. The summed E-state index contributed by atoms with van der Waals surface area (Å²) in [4.78, 5) is 0. The molecule has 0 amide bonds. The molecule has 1 aliphatic heterocycles. The van der Waals surface area contributed by atoms with Crippen LogP contribution in [-0.2, 0) is 0 Å². The molecule has 1 aliphatic rings. The van der Waals surface area contributed by atoms with Gasteiger partial charge in [-0.2, -0.15) is 0 Å². The molecule has 4 heteroatoms. The summed E-state index contributed by atoms with van der Waals surface area (Å²) in [7, 11) is 0. The molecule has 0 bridgehead atoms. The summed E-state index contributed by atoms with van der Waals surface area (Å²) in [5, 5.41) is 11.7. The quantitative estimate of drug-likeness (QED) is 0.880. The van der Waals surface area contributed by atoms with Crippen LogP contribution in [0.1, 0.15) is 30.2 Å². The average Bonchev–Trinajstić information content (AvgIpc) is 2.89. The molecule has 0 aliphatic carbocycles. The Hall–Kier alpha value is -1.68. The minimum absolute atomic E-state index is 0.414. The monoisotopic (exact) mass is 243 g/mol. The van der Waals surface area contributed by atoms with Crippen LogP contribution in [0.15, 0.2) is 28.7 Å². The Balaban J connectivity index is 1.84. The van der Waals surface area contributed by atoms with Gasteiger partial charge in [0, 0.05) is 11.5 Å². The summed E-state index contributed by atoms with van der Waals surface area (Å²) in [5.74, 6) is 1.83. The lowest BCUT2D eigenvalue weighted by molar-refractivity contribution is 0.378. The van der Waals surface area contributed by atoms with Gasteiger partial charge in [-0.05, 0) is 45.0 Å². The Kier molecular flexibility index (Phi) is 3.11. The highest BCUT2D eigenvalue weighted by Crippen LogP contribution is 2.27. The number of nitrogens with one attached hydrogen (secondary N) is 1. The summed E-state index contributed by atoms with van der Waals surface area (Å²) in [6.07, 6.45) is 2.16. The van der Waals surface area contributed by atoms with Gasteiger partial charge in [-0.1, -0.05) is 17.7 Å². The number of hydrogen-bond acceptors (Lipinski definition) is 4. The van der Waals surface area contributed by atoms with E-state index in [9.17, 15) is 0 Å². The third-order valence-electron chi connectivity index (χ3n) is 3.39. The molecule has 2 heterocycles. The van der Waals surface area contributed by atoms with Gasteiger partial charge in [0.15, 0.2) is 0 Å². The van der Waals surface area contributed by atoms with E-state index in [1.165, 1.54) is 5.56 Å². The van der Waals surface area contributed by atoms with Crippen molar-refractivity contribution in [3.05, 3.63) is 35.7 Å². The molecular formula is C14H17N3O. The van der Waals surface area contributed by atoms with Gasteiger partial charge in [-0.15, -0.1) is 10.2 Å². The Morgan fingerprint density at radius 1 is 1.22 bits per heavy atom. The van der Waals surface area contributed by atoms with E-state index < -0.39 is 0 Å². The van der Waals surface area contributed by atoms with Crippen molar-refractivity contribution < 1.29 is 4.42 Å². The lowest BCUT2D eigenvalue weighted by Gasteiger charge is -2.18. The summed E-state index contributed by atoms with van der Waals surface area (Å²) in [6, 6.07) is 8.15. The van der Waals surface area contributed by atoms with Gasteiger partial charge < -0.3 is 9.73 Å². The lowest BCUT2D eigenvalue weighted by Crippen LogP contribution is -2.26. The van der Waals surface area contributed by atoms with Gasteiger partial charge in [0.1, 0.15) is 0 Å². The molecule has 1 aromatic carbocycles. The van der Waals surface area contributed by atoms with Crippen LogP contribution in [0.3, 0.4) is 0 Å². The highest BCUT2D eigenvalue weighted by Gasteiger charge is 2.21. The van der Waals surface area contributed by atoms with Gasteiger partial charge >= 0.3 is 0 Å². The van der Waals surface area contributed by atoms with Crippen LogP contribution in [0.25, 0.3) is 11.5 Å². The highest BCUT2D eigenvalue weighted by atomic mass is 16.4. The molecule has 0 saturated carbocycles. The maximum absolute atomic E-state index is 5.81. The zero-order chi connectivity index (χ0) is 12.4. The van der Waals surface area contributed by atoms with Gasteiger partial charge in [0.2, 0.25) is 11.8 Å². The third-order valence-corrected chi connectivity index (χ3v) is 3.39. The average molecular weight is 243 g/mol. The first kappa shape index (κ1) is 11.4. The first-order chi connectivity index (χ1) is 8.83. The molecule has 1 aromatic heterocycles. The number of rotatable bonds is 2. The molecule has 0 unspecified atom stereocenters. The zero-order valence-electron chi connectivity index (χ0n) is 10.5. The van der Waals surface area contributed by atoms with Crippen LogP contribution >= 0.6 is 0 Å². The zero-order valence-corrected chi connectivity index (χ0v) is 10.5. The molecule has 0 atom stereocenters. The van der Waals surface area contributed by atoms with E-state index in [1.807, 2.05) is 12.1 Å². The third kappa shape index (κ3) is 2.29. The molecule has 94 valence electrons. The molecule has 1 N–H and O–H groups in total. The molecule has 0 spiro atoms. The summed E-state index contributed by atoms with van der Waals surface area (Å²) in [5.41, 5.74) is 2.21. The number of aryl methyl sites for hydroxylation is 1. The fraction of sp³-hybridized carbons (Fsp3) is 0.429. The summed E-state index contributed by atoms with van der Waals surface area (Å²) < 4.78 is 5.81. The van der Waals surface area contributed by atoms with Crippen LogP contribution in [0.2, 0.25) is 0 Å². The van der Waals surface area contributed by atoms with Crippen molar-refractivity contribution in [2.45, 2.75) is 25.7 Å². The van der Waals surface area contributed by atoms with E-state index >= 15 is 0 Å². The number of piperidine rings is 1. The summed E-state index contributed by atoms with van der Waals surface area (Å²) in [6.45, 7) is 4.13. The molecule has 4 nitrogen and oxygen atoms in total. The second-order valence-corrected chi connectivity index (χ2v) is 4.84. The molecule has 0 radical (unpaired) electrons. The SMILES string of the molecule is Cc1cccc(-c2nnc(C3CCNCC3)o2)c1. The number of aromatic nitrogens is 2. The Morgan fingerprint density at radius 2 is 2.06 bits per heavy atom. The topological polar surface area (TPSA) is 51.0 Å². The summed E-state index contributed by atoms with van der Waals surface area (Å²) >= 11 is 0. The lowest BCUT2D eigenvalue weighted by atomic mass is 9.98. The Bertz CT molecular complexity index is 529. The predicted molar refractivity (Wildman–Crippen MR) is 69.3 cm³/mol. The maximum Gasteiger partial charge on any atom is 0.247 e. The van der Waals surface area contributed by atoms with Crippen LogP contribution in [0.4, 0.5) is 0 Å². The molecule has 1 fully saturated rings. The second kappa shape index (κ2) is 4.90. The maximum atomic E-state index is 5.81. The van der Waals surface area contributed by atoms with Crippen molar-refractivity contribution in [2.24, 2.45) is 0 Å².